The Hall–Kier alpha value is -3.95. The number of carboxylic acid groups (broad SMARTS) is 1. The largest absolute Gasteiger partial charge is 0.510 e. The molecule has 2 aliphatic rings. The standard InChI is InChI=1S/C33H39FN2O6/c1-20(2)31-30(33(42)35-26-10-6-7-11-27(26)39)29(21-8-4-3-5-9-21)32(22-12-14-23(34)15-13-22)36(31)17-16-24(37)18-25(38)19-28(40)41/h3-6,8-10,12-15,20,24-25,30-31,37-39H,7,11,16-19H2,1-2H3,(H,35,42)(H,40,41)/t24-,25-,30?,31?/m1/s1. The summed E-state index contributed by atoms with van der Waals surface area (Å²) in [6.07, 6.45) is 2.19. The lowest BCUT2D eigenvalue weighted by molar-refractivity contribution is -0.139. The van der Waals surface area contributed by atoms with Gasteiger partial charge in [0.1, 0.15) is 11.6 Å². The molecule has 224 valence electrons. The van der Waals surface area contributed by atoms with Crippen molar-refractivity contribution in [1.82, 2.24) is 10.2 Å². The molecule has 0 aromatic heterocycles. The molecule has 9 heteroatoms. The predicted octanol–water partition coefficient (Wildman–Crippen LogP) is 4.86. The predicted molar refractivity (Wildman–Crippen MR) is 158 cm³/mol. The van der Waals surface area contributed by atoms with Crippen LogP contribution in [0.3, 0.4) is 0 Å². The van der Waals surface area contributed by atoms with Crippen LogP contribution < -0.4 is 5.32 Å². The van der Waals surface area contributed by atoms with Crippen LogP contribution in [0.1, 0.15) is 57.1 Å². The summed E-state index contributed by atoms with van der Waals surface area (Å²) in [5, 5.41) is 43.2. The first kappa shape index (κ1) is 31.0. The maximum atomic E-state index is 14.2. The normalized spacial score (nSPS) is 20.3. The van der Waals surface area contributed by atoms with Crippen molar-refractivity contribution in [3.63, 3.8) is 0 Å². The molecule has 4 atom stereocenters. The summed E-state index contributed by atoms with van der Waals surface area (Å²) in [6.45, 7) is 4.32. The van der Waals surface area contributed by atoms with Gasteiger partial charge in [-0.1, -0.05) is 50.3 Å². The number of nitrogens with one attached hydrogen (secondary N) is 1. The summed E-state index contributed by atoms with van der Waals surface area (Å²) in [7, 11) is 0. The highest BCUT2D eigenvalue weighted by atomic mass is 19.1. The molecule has 4 rings (SSSR count). The van der Waals surface area contributed by atoms with E-state index in [2.05, 4.69) is 10.2 Å². The number of carbonyl (C=O) groups excluding carboxylic acids is 1. The van der Waals surface area contributed by atoms with E-state index in [1.165, 1.54) is 12.1 Å². The van der Waals surface area contributed by atoms with Gasteiger partial charge < -0.3 is 30.6 Å². The fraction of sp³-hybridized carbons (Fsp3) is 0.394. The Morgan fingerprint density at radius 2 is 1.71 bits per heavy atom. The molecule has 8 nitrogen and oxygen atoms in total. The number of amides is 1. The molecule has 2 unspecified atom stereocenters. The Morgan fingerprint density at radius 3 is 2.33 bits per heavy atom. The third-order valence-electron chi connectivity index (χ3n) is 7.78. The van der Waals surface area contributed by atoms with Gasteiger partial charge in [-0.25, -0.2) is 4.39 Å². The van der Waals surface area contributed by atoms with Crippen molar-refractivity contribution in [2.24, 2.45) is 11.8 Å². The van der Waals surface area contributed by atoms with E-state index in [4.69, 9.17) is 5.11 Å². The zero-order valence-electron chi connectivity index (χ0n) is 23.9. The second-order valence-electron chi connectivity index (χ2n) is 11.3. The number of carbonyl (C=O) groups is 2. The molecule has 2 aromatic rings. The van der Waals surface area contributed by atoms with E-state index in [0.29, 0.717) is 30.6 Å². The van der Waals surface area contributed by atoms with Crippen molar-refractivity contribution < 1.29 is 34.4 Å². The van der Waals surface area contributed by atoms with Crippen molar-refractivity contribution in [3.8, 4) is 0 Å². The van der Waals surface area contributed by atoms with Crippen LogP contribution in [0, 0.1) is 17.7 Å². The lowest BCUT2D eigenvalue weighted by Gasteiger charge is -2.36. The maximum absolute atomic E-state index is 14.2. The number of aliphatic hydroxyl groups is 3. The van der Waals surface area contributed by atoms with Gasteiger partial charge in [-0.2, -0.15) is 0 Å². The van der Waals surface area contributed by atoms with E-state index in [1.807, 2.05) is 50.3 Å². The fourth-order valence-electron chi connectivity index (χ4n) is 5.94. The van der Waals surface area contributed by atoms with E-state index >= 15 is 0 Å². The molecule has 0 saturated heterocycles. The Kier molecular flexibility index (Phi) is 10.2. The summed E-state index contributed by atoms with van der Waals surface area (Å²) in [5.74, 6) is -2.44. The molecule has 1 heterocycles. The summed E-state index contributed by atoms with van der Waals surface area (Å²) in [5.41, 5.74) is 3.37. The molecule has 0 radical (unpaired) electrons. The fourth-order valence-corrected chi connectivity index (χ4v) is 5.94. The lowest BCUT2D eigenvalue weighted by Crippen LogP contribution is -2.45. The lowest BCUT2D eigenvalue weighted by atomic mass is 9.83. The Balaban J connectivity index is 1.80. The molecular weight excluding hydrogens is 539 g/mol. The van der Waals surface area contributed by atoms with Gasteiger partial charge in [-0.3, -0.25) is 9.59 Å². The first-order valence-corrected chi connectivity index (χ1v) is 14.4. The van der Waals surface area contributed by atoms with E-state index in [1.54, 1.807) is 18.2 Å². The number of hydrogen-bond acceptors (Lipinski definition) is 6. The number of hydrogen-bond donors (Lipinski definition) is 5. The average molecular weight is 579 g/mol. The first-order chi connectivity index (χ1) is 20.1. The minimum atomic E-state index is -1.19. The van der Waals surface area contributed by atoms with Crippen LogP contribution in [-0.2, 0) is 9.59 Å². The number of nitrogens with zero attached hydrogens (tertiary/aromatic N) is 1. The molecule has 1 aliphatic heterocycles. The highest BCUT2D eigenvalue weighted by Crippen LogP contribution is 2.47. The molecule has 42 heavy (non-hydrogen) atoms. The molecule has 5 N–H and O–H groups in total. The zero-order valence-corrected chi connectivity index (χ0v) is 23.9. The van der Waals surface area contributed by atoms with Crippen molar-refractivity contribution in [2.75, 3.05) is 6.54 Å². The molecule has 1 aliphatic carbocycles. The van der Waals surface area contributed by atoms with Crippen LogP contribution in [-0.4, -0.2) is 62.0 Å². The molecule has 2 aromatic carbocycles. The van der Waals surface area contributed by atoms with Gasteiger partial charge in [-0.15, -0.1) is 0 Å². The van der Waals surface area contributed by atoms with E-state index < -0.39 is 36.3 Å². The van der Waals surface area contributed by atoms with Crippen molar-refractivity contribution >= 4 is 23.1 Å². The molecule has 0 saturated carbocycles. The van der Waals surface area contributed by atoms with Gasteiger partial charge in [0.25, 0.3) is 0 Å². The second kappa shape index (κ2) is 13.8. The van der Waals surface area contributed by atoms with E-state index in [0.717, 1.165) is 16.8 Å². The highest BCUT2D eigenvalue weighted by Gasteiger charge is 2.46. The Bertz CT molecular complexity index is 1350. The molecule has 0 fully saturated rings. The highest BCUT2D eigenvalue weighted by molar-refractivity contribution is 6.04. The van der Waals surface area contributed by atoms with Crippen LogP contribution in [0.5, 0.6) is 0 Å². The van der Waals surface area contributed by atoms with E-state index in [-0.39, 0.29) is 36.5 Å². The van der Waals surface area contributed by atoms with Crippen molar-refractivity contribution in [1.29, 1.82) is 0 Å². The number of benzene rings is 2. The van der Waals surface area contributed by atoms with Crippen LogP contribution in [0.2, 0.25) is 0 Å². The van der Waals surface area contributed by atoms with Crippen LogP contribution >= 0.6 is 0 Å². The van der Waals surface area contributed by atoms with Crippen molar-refractivity contribution in [2.45, 2.75) is 64.2 Å². The summed E-state index contributed by atoms with van der Waals surface area (Å²) in [6, 6.07) is 15.2. The zero-order chi connectivity index (χ0) is 30.4. The van der Waals surface area contributed by atoms with Crippen LogP contribution in [0.15, 0.2) is 78.2 Å². The summed E-state index contributed by atoms with van der Waals surface area (Å²) >= 11 is 0. The smallest absolute Gasteiger partial charge is 0.305 e. The number of carboxylic acids is 1. The van der Waals surface area contributed by atoms with E-state index in [9.17, 15) is 29.3 Å². The molecule has 0 spiro atoms. The third-order valence-corrected chi connectivity index (χ3v) is 7.78. The van der Waals surface area contributed by atoms with Gasteiger partial charge in [-0.05, 0) is 72.2 Å². The number of rotatable bonds is 12. The monoisotopic (exact) mass is 578 g/mol. The van der Waals surface area contributed by atoms with Gasteiger partial charge >= 0.3 is 5.97 Å². The minimum absolute atomic E-state index is 0.0448. The number of allylic oxidation sites excluding steroid dienone is 3. The van der Waals surface area contributed by atoms with Gasteiger partial charge in [0.15, 0.2) is 0 Å². The minimum Gasteiger partial charge on any atom is -0.510 e. The SMILES string of the molecule is CC(C)C1C(C(=O)NC2=C(O)CCC=C2)C(c2ccccc2)=C(c2ccc(F)cc2)N1CC[C@@H](O)C[C@@H](O)CC(=O)O. The van der Waals surface area contributed by atoms with Gasteiger partial charge in [0.2, 0.25) is 5.91 Å². The number of aliphatic carboxylic acids is 1. The van der Waals surface area contributed by atoms with Gasteiger partial charge in [0.05, 0.1) is 30.2 Å². The van der Waals surface area contributed by atoms with Crippen LogP contribution in [0.4, 0.5) is 4.39 Å². The molecule has 1 amide bonds. The number of aliphatic hydroxyl groups excluding tert-OH is 3. The van der Waals surface area contributed by atoms with Crippen molar-refractivity contribution in [3.05, 3.63) is 95.1 Å². The Labute approximate surface area is 245 Å². The maximum Gasteiger partial charge on any atom is 0.305 e. The second-order valence-corrected chi connectivity index (χ2v) is 11.3. The Morgan fingerprint density at radius 1 is 1.02 bits per heavy atom. The summed E-state index contributed by atoms with van der Waals surface area (Å²) in [4.78, 5) is 27.2. The first-order valence-electron chi connectivity index (χ1n) is 14.4. The molecular formula is C33H39FN2O6. The summed E-state index contributed by atoms with van der Waals surface area (Å²) < 4.78 is 14.0. The topological polar surface area (TPSA) is 130 Å². The number of halogens is 1. The molecule has 0 bridgehead atoms. The average Bonchev–Trinajstić information content (AvgIpc) is 3.29. The third kappa shape index (κ3) is 7.27. The quantitative estimate of drug-likeness (QED) is 0.243. The van der Waals surface area contributed by atoms with Gasteiger partial charge in [0, 0.05) is 24.7 Å². The van der Waals surface area contributed by atoms with Crippen LogP contribution in [0.25, 0.3) is 11.3 Å².